The molecule has 21 heavy (non-hydrogen) atoms. The molecule has 0 unspecified atom stereocenters. The van der Waals surface area contributed by atoms with Gasteiger partial charge in [0.1, 0.15) is 5.75 Å². The molecule has 0 saturated carbocycles. The summed E-state index contributed by atoms with van der Waals surface area (Å²) in [5, 5.41) is 0.669. The third-order valence-corrected chi connectivity index (χ3v) is 3.76. The number of benzene rings is 2. The summed E-state index contributed by atoms with van der Waals surface area (Å²) < 4.78 is 7.17. The maximum atomic E-state index is 6.00. The molecule has 3 rings (SSSR count). The predicted octanol–water partition coefficient (Wildman–Crippen LogP) is 3.52. The highest BCUT2D eigenvalue weighted by Crippen LogP contribution is 2.22. The van der Waals surface area contributed by atoms with E-state index in [-0.39, 0.29) is 0 Å². The zero-order chi connectivity index (χ0) is 14.8. The summed E-state index contributed by atoms with van der Waals surface area (Å²) in [7, 11) is 1.67. The van der Waals surface area contributed by atoms with E-state index in [0.29, 0.717) is 11.0 Å². The van der Waals surface area contributed by atoms with Crippen LogP contribution in [0.5, 0.6) is 5.75 Å². The molecule has 2 aromatic carbocycles. The standard InChI is InChI=1S/C16H16ClN3O/c1-21-13-5-2-11(3-6-13)8-9-20-15-7-4-12(17)10-14(15)19-16(20)18/h2-7,10H,8-9H2,1H3,(H2,18,19). The minimum Gasteiger partial charge on any atom is -0.497 e. The molecule has 4 nitrogen and oxygen atoms in total. The minimum absolute atomic E-state index is 0.515. The van der Waals surface area contributed by atoms with Gasteiger partial charge >= 0.3 is 0 Å². The zero-order valence-corrected chi connectivity index (χ0v) is 12.5. The summed E-state index contributed by atoms with van der Waals surface area (Å²) in [6.45, 7) is 0.774. The lowest BCUT2D eigenvalue weighted by molar-refractivity contribution is 0.414. The van der Waals surface area contributed by atoms with Gasteiger partial charge < -0.3 is 15.0 Å². The van der Waals surface area contributed by atoms with Gasteiger partial charge in [-0.15, -0.1) is 0 Å². The van der Waals surface area contributed by atoms with Crippen LogP contribution in [0.25, 0.3) is 11.0 Å². The van der Waals surface area contributed by atoms with E-state index in [1.807, 2.05) is 34.9 Å². The predicted molar refractivity (Wildman–Crippen MR) is 85.9 cm³/mol. The van der Waals surface area contributed by atoms with E-state index in [9.17, 15) is 0 Å². The van der Waals surface area contributed by atoms with Gasteiger partial charge in [-0.25, -0.2) is 4.98 Å². The summed E-state index contributed by atoms with van der Waals surface area (Å²) >= 11 is 5.98. The Bertz CT molecular complexity index is 765. The van der Waals surface area contributed by atoms with Crippen molar-refractivity contribution in [3.05, 3.63) is 53.1 Å². The lowest BCUT2D eigenvalue weighted by Gasteiger charge is -2.07. The second-order valence-electron chi connectivity index (χ2n) is 4.85. The molecule has 3 aromatic rings. The van der Waals surface area contributed by atoms with Crippen LogP contribution in [0.15, 0.2) is 42.5 Å². The highest BCUT2D eigenvalue weighted by atomic mass is 35.5. The summed E-state index contributed by atoms with van der Waals surface area (Å²) in [5.41, 5.74) is 9.06. The number of halogens is 1. The zero-order valence-electron chi connectivity index (χ0n) is 11.7. The van der Waals surface area contributed by atoms with Crippen molar-refractivity contribution in [2.24, 2.45) is 0 Å². The number of hydrogen-bond acceptors (Lipinski definition) is 3. The normalized spacial score (nSPS) is 11.0. The van der Waals surface area contributed by atoms with Crippen LogP contribution < -0.4 is 10.5 Å². The molecule has 0 amide bonds. The Morgan fingerprint density at radius 3 is 2.67 bits per heavy atom. The number of aryl methyl sites for hydroxylation is 2. The van der Waals surface area contributed by atoms with E-state index >= 15 is 0 Å². The molecule has 0 aliphatic rings. The van der Waals surface area contributed by atoms with Crippen LogP contribution in [0.2, 0.25) is 5.02 Å². The highest BCUT2D eigenvalue weighted by molar-refractivity contribution is 6.31. The fraction of sp³-hybridized carbons (Fsp3) is 0.188. The summed E-state index contributed by atoms with van der Waals surface area (Å²) in [6, 6.07) is 13.7. The van der Waals surface area contributed by atoms with E-state index in [4.69, 9.17) is 22.1 Å². The second kappa shape index (κ2) is 5.66. The Labute approximate surface area is 128 Å². The van der Waals surface area contributed by atoms with Gasteiger partial charge in [0.2, 0.25) is 5.95 Å². The number of methoxy groups -OCH3 is 1. The van der Waals surface area contributed by atoms with Gasteiger partial charge in [0.15, 0.2) is 0 Å². The molecule has 5 heteroatoms. The molecule has 0 atom stereocenters. The molecule has 0 bridgehead atoms. The van der Waals surface area contributed by atoms with Crippen molar-refractivity contribution in [1.82, 2.24) is 9.55 Å². The quantitative estimate of drug-likeness (QED) is 0.802. The Balaban J connectivity index is 1.82. The fourth-order valence-corrected chi connectivity index (χ4v) is 2.56. The number of imidazole rings is 1. The van der Waals surface area contributed by atoms with Crippen molar-refractivity contribution >= 4 is 28.6 Å². The summed E-state index contributed by atoms with van der Waals surface area (Å²) in [4.78, 5) is 4.35. The van der Waals surface area contributed by atoms with E-state index in [0.717, 1.165) is 29.7 Å². The molecule has 0 radical (unpaired) electrons. The van der Waals surface area contributed by atoms with E-state index in [1.54, 1.807) is 7.11 Å². The largest absolute Gasteiger partial charge is 0.497 e. The maximum Gasteiger partial charge on any atom is 0.201 e. The molecular formula is C16H16ClN3O. The number of nitrogen functional groups attached to an aromatic ring is 1. The van der Waals surface area contributed by atoms with Crippen LogP contribution in [-0.4, -0.2) is 16.7 Å². The highest BCUT2D eigenvalue weighted by Gasteiger charge is 2.08. The number of anilines is 1. The maximum absolute atomic E-state index is 6.00. The van der Waals surface area contributed by atoms with Gasteiger partial charge in [-0.3, -0.25) is 0 Å². The monoisotopic (exact) mass is 301 g/mol. The number of nitrogens with two attached hydrogens (primary N) is 1. The first kappa shape index (κ1) is 13.8. The number of fused-ring (bicyclic) bond motifs is 1. The molecule has 0 aliphatic carbocycles. The molecule has 1 aromatic heterocycles. The third kappa shape index (κ3) is 2.81. The third-order valence-electron chi connectivity index (χ3n) is 3.52. The number of aromatic nitrogens is 2. The van der Waals surface area contributed by atoms with Crippen molar-refractivity contribution in [2.75, 3.05) is 12.8 Å². The first-order valence-electron chi connectivity index (χ1n) is 6.71. The van der Waals surface area contributed by atoms with E-state index in [2.05, 4.69) is 17.1 Å². The van der Waals surface area contributed by atoms with Gasteiger partial charge in [-0.2, -0.15) is 0 Å². The van der Waals surface area contributed by atoms with Crippen molar-refractivity contribution in [3.8, 4) is 5.75 Å². The van der Waals surface area contributed by atoms with Gasteiger partial charge in [0.25, 0.3) is 0 Å². The van der Waals surface area contributed by atoms with Crippen molar-refractivity contribution < 1.29 is 4.74 Å². The number of rotatable bonds is 4. The molecule has 0 saturated heterocycles. The lowest BCUT2D eigenvalue weighted by atomic mass is 10.1. The summed E-state index contributed by atoms with van der Waals surface area (Å²) in [6.07, 6.45) is 0.877. The number of nitrogens with zero attached hydrogens (tertiary/aromatic N) is 2. The van der Waals surface area contributed by atoms with Gasteiger partial charge in [-0.05, 0) is 42.3 Å². The SMILES string of the molecule is COc1ccc(CCn2c(N)nc3cc(Cl)ccc32)cc1. The average molecular weight is 302 g/mol. The molecule has 108 valence electrons. The Morgan fingerprint density at radius 2 is 1.95 bits per heavy atom. The average Bonchev–Trinajstić information content (AvgIpc) is 2.80. The van der Waals surface area contributed by atoms with Crippen LogP contribution in [-0.2, 0) is 13.0 Å². The van der Waals surface area contributed by atoms with E-state index in [1.165, 1.54) is 5.56 Å². The first-order chi connectivity index (χ1) is 10.2. The molecule has 2 N–H and O–H groups in total. The van der Waals surface area contributed by atoms with Crippen molar-refractivity contribution in [2.45, 2.75) is 13.0 Å². The molecule has 1 heterocycles. The van der Waals surface area contributed by atoms with E-state index < -0.39 is 0 Å². The van der Waals surface area contributed by atoms with Crippen LogP contribution >= 0.6 is 11.6 Å². The number of ether oxygens (including phenoxy) is 1. The fourth-order valence-electron chi connectivity index (χ4n) is 2.39. The molecule has 0 spiro atoms. The van der Waals surface area contributed by atoms with Gasteiger partial charge in [-0.1, -0.05) is 23.7 Å². The summed E-state index contributed by atoms with van der Waals surface area (Å²) in [5.74, 6) is 1.38. The Morgan fingerprint density at radius 1 is 1.19 bits per heavy atom. The minimum atomic E-state index is 0.515. The van der Waals surface area contributed by atoms with Crippen LogP contribution in [0.4, 0.5) is 5.95 Å². The lowest BCUT2D eigenvalue weighted by Crippen LogP contribution is -2.05. The Hall–Kier alpha value is -2.20. The molecule has 0 aliphatic heterocycles. The van der Waals surface area contributed by atoms with Crippen LogP contribution in [0.1, 0.15) is 5.56 Å². The van der Waals surface area contributed by atoms with Gasteiger partial charge in [0.05, 0.1) is 18.1 Å². The Kier molecular flexibility index (Phi) is 3.71. The molecule has 0 fully saturated rings. The van der Waals surface area contributed by atoms with Crippen LogP contribution in [0, 0.1) is 0 Å². The first-order valence-corrected chi connectivity index (χ1v) is 7.09. The molecular weight excluding hydrogens is 286 g/mol. The smallest absolute Gasteiger partial charge is 0.201 e. The van der Waals surface area contributed by atoms with Gasteiger partial charge in [0, 0.05) is 11.6 Å². The van der Waals surface area contributed by atoms with Crippen molar-refractivity contribution in [1.29, 1.82) is 0 Å². The number of hydrogen-bond donors (Lipinski definition) is 1. The van der Waals surface area contributed by atoms with Crippen molar-refractivity contribution in [3.63, 3.8) is 0 Å². The second-order valence-corrected chi connectivity index (χ2v) is 5.29. The van der Waals surface area contributed by atoms with Crippen LogP contribution in [0.3, 0.4) is 0 Å². The topological polar surface area (TPSA) is 53.1 Å².